The maximum Gasteiger partial charge on any atom is 0.289 e. The number of hydrogen-bond donors (Lipinski definition) is 3. The van der Waals surface area contributed by atoms with Crippen LogP contribution in [0, 0.1) is 5.92 Å². The average molecular weight is 248 g/mol. The van der Waals surface area contributed by atoms with Gasteiger partial charge in [0.2, 0.25) is 0 Å². The van der Waals surface area contributed by atoms with Gasteiger partial charge >= 0.3 is 0 Å². The van der Waals surface area contributed by atoms with E-state index in [4.69, 9.17) is 5.84 Å². The second-order valence-corrected chi connectivity index (χ2v) is 5.13. The number of piperidine rings is 1. The molecule has 98 valence electrons. The van der Waals surface area contributed by atoms with Crippen LogP contribution in [-0.4, -0.2) is 25.5 Å². The number of carbonyl (C=O) groups is 1. The number of hydrazine groups is 1. The van der Waals surface area contributed by atoms with Gasteiger partial charge in [-0.15, -0.1) is 0 Å². The third kappa shape index (κ3) is 3.82. The molecule has 0 saturated carbocycles. The Morgan fingerprint density at radius 1 is 1.28 bits per heavy atom. The van der Waals surface area contributed by atoms with Crippen molar-refractivity contribution in [3.05, 3.63) is 35.9 Å². The van der Waals surface area contributed by atoms with Gasteiger partial charge in [-0.1, -0.05) is 30.3 Å². The summed E-state index contributed by atoms with van der Waals surface area (Å²) < 4.78 is 0. The predicted molar refractivity (Wildman–Crippen MR) is 70.8 cm³/mol. The molecule has 0 spiro atoms. The first-order chi connectivity index (χ1) is 8.78. The maximum absolute atomic E-state index is 11.2. The van der Waals surface area contributed by atoms with E-state index in [1.165, 1.54) is 23.3 Å². The molecule has 1 saturated heterocycles. The molecule has 0 aliphatic carbocycles. The van der Waals surface area contributed by atoms with Crippen molar-refractivity contribution in [3.8, 4) is 0 Å². The molecule has 1 aromatic carbocycles. The minimum Gasteiger partial charge on any atom is -0.327 e. The number of amides is 1. The topological polar surface area (TPSA) is 59.6 Å². The van der Waals surface area contributed by atoms with Gasteiger partial charge in [-0.05, 0) is 30.7 Å². The van der Waals surface area contributed by atoms with Crippen molar-refractivity contribution in [2.45, 2.75) is 19.3 Å². The van der Waals surface area contributed by atoms with Crippen LogP contribution in [0.3, 0.4) is 0 Å². The highest BCUT2D eigenvalue weighted by Crippen LogP contribution is 2.16. The Balaban J connectivity index is 1.75. The smallest absolute Gasteiger partial charge is 0.289 e. The number of nitrogens with two attached hydrogens (primary N) is 1. The molecule has 1 heterocycles. The maximum atomic E-state index is 11.2. The summed E-state index contributed by atoms with van der Waals surface area (Å²) in [5, 5.41) is 0. The van der Waals surface area contributed by atoms with Gasteiger partial charge in [0, 0.05) is 0 Å². The molecule has 4 N–H and O–H groups in total. The summed E-state index contributed by atoms with van der Waals surface area (Å²) in [5.74, 6) is 5.80. The normalized spacial score (nSPS) is 23.6. The number of hydrogen-bond acceptors (Lipinski definition) is 2. The lowest BCUT2D eigenvalue weighted by molar-refractivity contribution is -0.898. The lowest BCUT2D eigenvalue weighted by Gasteiger charge is -2.28. The van der Waals surface area contributed by atoms with Crippen molar-refractivity contribution in [1.29, 1.82) is 0 Å². The Bertz CT molecular complexity index is 372. The van der Waals surface area contributed by atoms with E-state index in [0.29, 0.717) is 6.54 Å². The second kappa shape index (κ2) is 6.52. The highest BCUT2D eigenvalue weighted by molar-refractivity contribution is 5.76. The fraction of sp³-hybridized carbons (Fsp3) is 0.500. The Labute approximate surface area is 108 Å². The van der Waals surface area contributed by atoms with Crippen molar-refractivity contribution < 1.29 is 9.69 Å². The first-order valence-corrected chi connectivity index (χ1v) is 6.65. The zero-order valence-corrected chi connectivity index (χ0v) is 10.7. The predicted octanol–water partition coefficient (Wildman–Crippen LogP) is -0.486. The van der Waals surface area contributed by atoms with Crippen LogP contribution in [-0.2, 0) is 11.2 Å². The summed E-state index contributed by atoms with van der Waals surface area (Å²) >= 11 is 0. The van der Waals surface area contributed by atoms with Crippen molar-refractivity contribution in [3.63, 3.8) is 0 Å². The summed E-state index contributed by atoms with van der Waals surface area (Å²) in [7, 11) is 0. The molecule has 0 unspecified atom stereocenters. The van der Waals surface area contributed by atoms with Crippen LogP contribution < -0.4 is 16.2 Å². The Morgan fingerprint density at radius 2 is 1.94 bits per heavy atom. The highest BCUT2D eigenvalue weighted by atomic mass is 16.2. The minimum atomic E-state index is -0.0634. The fourth-order valence-corrected chi connectivity index (χ4v) is 2.69. The van der Waals surface area contributed by atoms with Gasteiger partial charge in [0.15, 0.2) is 6.54 Å². The molecule has 4 heteroatoms. The van der Waals surface area contributed by atoms with Crippen molar-refractivity contribution in [1.82, 2.24) is 5.43 Å². The van der Waals surface area contributed by atoms with E-state index < -0.39 is 0 Å². The van der Waals surface area contributed by atoms with Gasteiger partial charge < -0.3 is 4.90 Å². The third-order valence-electron chi connectivity index (χ3n) is 3.75. The molecule has 0 aromatic heterocycles. The van der Waals surface area contributed by atoms with Crippen LogP contribution in [0.1, 0.15) is 18.4 Å². The molecule has 2 rings (SSSR count). The van der Waals surface area contributed by atoms with Crippen LogP contribution in [0.5, 0.6) is 0 Å². The highest BCUT2D eigenvalue weighted by Gasteiger charge is 2.23. The molecule has 1 amide bonds. The van der Waals surface area contributed by atoms with Gasteiger partial charge in [0.1, 0.15) is 0 Å². The zero-order valence-electron chi connectivity index (χ0n) is 10.7. The first kappa shape index (κ1) is 13.1. The van der Waals surface area contributed by atoms with Crippen molar-refractivity contribution >= 4 is 5.91 Å². The van der Waals surface area contributed by atoms with Gasteiger partial charge in [-0.2, -0.15) is 0 Å². The molecule has 0 bridgehead atoms. The molecular formula is C14H22N3O+. The molecule has 0 radical (unpaired) electrons. The SMILES string of the molecule is NNC(=O)C[NH+]1CCC(Cc2ccccc2)CC1. The zero-order chi connectivity index (χ0) is 12.8. The monoisotopic (exact) mass is 248 g/mol. The van der Waals surface area contributed by atoms with Crippen molar-refractivity contribution in [2.75, 3.05) is 19.6 Å². The summed E-state index contributed by atoms with van der Waals surface area (Å²) in [6.07, 6.45) is 3.56. The Hall–Kier alpha value is -1.39. The van der Waals surface area contributed by atoms with Crippen LogP contribution in [0.25, 0.3) is 0 Å². The van der Waals surface area contributed by atoms with Crippen molar-refractivity contribution in [2.24, 2.45) is 11.8 Å². The van der Waals surface area contributed by atoms with Gasteiger partial charge in [0.05, 0.1) is 13.1 Å². The van der Waals surface area contributed by atoms with E-state index in [9.17, 15) is 4.79 Å². The first-order valence-electron chi connectivity index (χ1n) is 6.65. The number of nitrogens with one attached hydrogen (secondary N) is 2. The molecule has 1 fully saturated rings. The molecular weight excluding hydrogens is 226 g/mol. The lowest BCUT2D eigenvalue weighted by atomic mass is 9.90. The molecule has 0 atom stereocenters. The third-order valence-corrected chi connectivity index (χ3v) is 3.75. The Morgan fingerprint density at radius 3 is 2.56 bits per heavy atom. The summed E-state index contributed by atoms with van der Waals surface area (Å²) in [5.41, 5.74) is 3.63. The molecule has 1 aliphatic rings. The average Bonchev–Trinajstić information content (AvgIpc) is 2.42. The Kier molecular flexibility index (Phi) is 4.73. The van der Waals surface area contributed by atoms with Crippen LogP contribution in [0.4, 0.5) is 0 Å². The summed E-state index contributed by atoms with van der Waals surface area (Å²) in [6.45, 7) is 2.66. The standard InChI is InChI=1S/C14H21N3O/c15-16-14(18)11-17-8-6-13(7-9-17)10-12-4-2-1-3-5-12/h1-5,13H,6-11,15H2,(H,16,18)/p+1. The number of benzene rings is 1. The van der Waals surface area contributed by atoms with E-state index in [2.05, 4.69) is 35.8 Å². The number of likely N-dealkylation sites (tertiary alicyclic amines) is 1. The van der Waals surface area contributed by atoms with E-state index in [0.717, 1.165) is 25.4 Å². The lowest BCUT2D eigenvalue weighted by Crippen LogP contribution is -3.14. The molecule has 18 heavy (non-hydrogen) atoms. The number of carbonyl (C=O) groups excluding carboxylic acids is 1. The van der Waals surface area contributed by atoms with Crippen LogP contribution >= 0.6 is 0 Å². The summed E-state index contributed by atoms with van der Waals surface area (Å²) in [4.78, 5) is 12.5. The minimum absolute atomic E-state index is 0.0634. The van der Waals surface area contributed by atoms with E-state index in [1.54, 1.807) is 0 Å². The van der Waals surface area contributed by atoms with Crippen LogP contribution in [0.15, 0.2) is 30.3 Å². The van der Waals surface area contributed by atoms with E-state index in [1.807, 2.05) is 0 Å². The van der Waals surface area contributed by atoms with Gasteiger partial charge in [0.25, 0.3) is 5.91 Å². The van der Waals surface area contributed by atoms with Crippen LogP contribution in [0.2, 0.25) is 0 Å². The van der Waals surface area contributed by atoms with Gasteiger partial charge in [-0.3, -0.25) is 10.2 Å². The second-order valence-electron chi connectivity index (χ2n) is 5.13. The summed E-state index contributed by atoms with van der Waals surface area (Å²) in [6, 6.07) is 10.6. The van der Waals surface area contributed by atoms with E-state index in [-0.39, 0.29) is 5.91 Å². The van der Waals surface area contributed by atoms with Gasteiger partial charge in [-0.25, -0.2) is 5.84 Å². The number of rotatable bonds is 4. The number of quaternary nitrogens is 1. The molecule has 1 aromatic rings. The largest absolute Gasteiger partial charge is 0.327 e. The molecule has 4 nitrogen and oxygen atoms in total. The fourth-order valence-electron chi connectivity index (χ4n) is 2.69. The quantitative estimate of drug-likeness (QED) is 0.383. The van der Waals surface area contributed by atoms with E-state index >= 15 is 0 Å². The molecule has 1 aliphatic heterocycles.